The van der Waals surface area contributed by atoms with E-state index in [1.807, 2.05) is 19.2 Å². The zero-order chi connectivity index (χ0) is 99.9. The van der Waals surface area contributed by atoms with E-state index in [-0.39, 0.29) is 111 Å². The van der Waals surface area contributed by atoms with Crippen LogP contribution in [0.2, 0.25) is 40.2 Å². The minimum atomic E-state index is -3.02. The minimum absolute atomic E-state index is 0.0125. The number of halogens is 16. The number of amides is 3. The SMILES string of the molecule is C=CCOC(=O)N(C)C1CN(C(=Nc2cccc(OC(F)F)c2)NC#N)N=C1c1ccc(Cl)c(Cl)c1.CC(=O)OCC(=O)N(C)C1CN(C(=Nc2cccc(OC(F)F)c2)NC#N)N=C1c1ccc(Cl)c(Cl)c1.CCC1CN(C(=Nc2cccc(OC(F)F)c2)NC#N)N=C1c1ccc(Cl)c(Cl)c1.CN(C(=O)CO)C1CN(C(=Nc2cccc(OC(F)F)c2)NC#N)N=C1c1ccc(Cl)c(Cl)c1. The number of carbonyl (C=O) groups excluding carboxylic acids is 4. The van der Waals surface area contributed by atoms with E-state index in [1.54, 1.807) is 96.4 Å². The molecule has 0 bridgehead atoms. The zero-order valence-electron chi connectivity index (χ0n) is 71.8. The van der Waals surface area contributed by atoms with Gasteiger partial charge in [0.25, 0.3) is 5.91 Å². The van der Waals surface area contributed by atoms with Crippen molar-refractivity contribution in [3.05, 3.63) is 245 Å². The molecule has 4 unspecified atom stereocenters. The Kier molecular flexibility index (Phi) is 40.0. The van der Waals surface area contributed by atoms with Crippen LogP contribution in [-0.4, -0.2) is 222 Å². The lowest BCUT2D eigenvalue weighted by atomic mass is 9.95. The second kappa shape index (κ2) is 51.5. The van der Waals surface area contributed by atoms with Gasteiger partial charge in [-0.3, -0.25) is 35.7 Å². The van der Waals surface area contributed by atoms with Gasteiger partial charge in [0, 0.05) is 74.9 Å². The Balaban J connectivity index is 0.000000205. The van der Waals surface area contributed by atoms with Gasteiger partial charge < -0.3 is 48.2 Å². The van der Waals surface area contributed by atoms with Gasteiger partial charge >= 0.3 is 38.5 Å². The normalized spacial score (nSPS) is 15.6. The summed E-state index contributed by atoms with van der Waals surface area (Å²) in [7, 11) is 4.54. The van der Waals surface area contributed by atoms with Crippen molar-refractivity contribution in [1.29, 1.82) is 21.0 Å². The molecule has 4 aliphatic heterocycles. The van der Waals surface area contributed by atoms with Crippen LogP contribution >= 0.6 is 92.8 Å². The predicted molar refractivity (Wildman–Crippen MR) is 498 cm³/mol. The number of nitrogens with one attached hydrogen (secondary N) is 4. The van der Waals surface area contributed by atoms with Crippen molar-refractivity contribution >= 4 is 186 Å². The van der Waals surface area contributed by atoms with Gasteiger partial charge in [-0.2, -0.15) is 76.6 Å². The number of hydrogen-bond donors (Lipinski definition) is 5. The number of aliphatic hydroxyl groups excluding tert-OH is 1. The topological polar surface area (TPSA) is 409 Å². The van der Waals surface area contributed by atoms with Crippen LogP contribution in [0.4, 0.5) is 62.7 Å². The van der Waals surface area contributed by atoms with E-state index in [4.69, 9.17) is 108 Å². The summed E-state index contributed by atoms with van der Waals surface area (Å²) in [4.78, 5) is 69.9. The van der Waals surface area contributed by atoms with E-state index in [0.29, 0.717) is 71.2 Å². The van der Waals surface area contributed by atoms with Crippen LogP contribution < -0.4 is 40.2 Å². The third-order valence-corrected chi connectivity index (χ3v) is 22.1. The summed E-state index contributed by atoms with van der Waals surface area (Å²) in [6.07, 6.45) is 8.75. The van der Waals surface area contributed by atoms with E-state index in [2.05, 4.69) is 87.2 Å². The Hall–Kier alpha value is -14.2. The van der Waals surface area contributed by atoms with Crippen LogP contribution in [0.15, 0.2) is 223 Å². The van der Waals surface area contributed by atoms with E-state index in [0.717, 1.165) is 17.7 Å². The summed E-state index contributed by atoms with van der Waals surface area (Å²) in [5, 5.41) is 82.6. The Morgan fingerprint density at radius 2 is 0.723 bits per heavy atom. The number of benzene rings is 8. The molecule has 0 saturated heterocycles. The van der Waals surface area contributed by atoms with Crippen LogP contribution in [0, 0.1) is 51.7 Å². The fourth-order valence-corrected chi connectivity index (χ4v) is 13.9. The van der Waals surface area contributed by atoms with Gasteiger partial charge in [0.1, 0.15) is 36.2 Å². The summed E-state index contributed by atoms with van der Waals surface area (Å²) in [5.41, 5.74) is 5.47. The van der Waals surface area contributed by atoms with E-state index in [1.165, 1.54) is 155 Å². The molecule has 8 aromatic rings. The number of rotatable bonds is 25. The summed E-state index contributed by atoms with van der Waals surface area (Å²) in [6, 6.07) is 40.5. The van der Waals surface area contributed by atoms with Crippen molar-refractivity contribution < 1.29 is 87.8 Å². The lowest BCUT2D eigenvalue weighted by Gasteiger charge is -2.26. The second-order valence-corrected chi connectivity index (χ2v) is 31.3. The van der Waals surface area contributed by atoms with Crippen LogP contribution in [0.3, 0.4) is 0 Å². The van der Waals surface area contributed by atoms with E-state index < -0.39 is 81.7 Å². The van der Waals surface area contributed by atoms with Gasteiger partial charge in [-0.15, -0.1) is 0 Å². The van der Waals surface area contributed by atoms with Crippen molar-refractivity contribution in [1.82, 2.24) is 56.0 Å². The quantitative estimate of drug-likeness (QED) is 0.00675. The van der Waals surface area contributed by atoms with Crippen LogP contribution in [0.1, 0.15) is 42.5 Å². The molecule has 4 aliphatic rings. The van der Waals surface area contributed by atoms with Gasteiger partial charge in [-0.05, 0) is 109 Å². The summed E-state index contributed by atoms with van der Waals surface area (Å²) in [5.74, 6) is -1.88. The number of hydrogen-bond acceptors (Lipinski definition) is 23. The lowest BCUT2D eigenvalue weighted by molar-refractivity contribution is -0.150. The molecule has 4 heterocycles. The first-order valence-corrected chi connectivity index (χ1v) is 42.6. The number of alkyl halides is 8. The fraction of sp³-hybridized carbons (Fsp3) is 0.241. The number of ether oxygens (including phenoxy) is 6. The number of nitriles is 4. The Morgan fingerprint density at radius 1 is 0.438 bits per heavy atom. The van der Waals surface area contributed by atoms with Gasteiger partial charge in [0.15, 0.2) is 31.4 Å². The molecule has 0 saturated carbocycles. The highest BCUT2D eigenvalue weighted by atomic mass is 35.5. The predicted octanol–water partition coefficient (Wildman–Crippen LogP) is 17.4. The molecule has 0 spiro atoms. The van der Waals surface area contributed by atoms with Crippen LogP contribution in [0.5, 0.6) is 23.0 Å². The largest absolute Gasteiger partial charge is 0.456 e. The van der Waals surface area contributed by atoms with Gasteiger partial charge in [0.2, 0.25) is 29.7 Å². The number of nitrogens with zero attached hydrogens (tertiary/aromatic N) is 19. The van der Waals surface area contributed by atoms with Crippen molar-refractivity contribution in [2.75, 3.05) is 67.1 Å². The van der Waals surface area contributed by atoms with Crippen LogP contribution in [0.25, 0.3) is 0 Å². The second-order valence-electron chi connectivity index (χ2n) is 28.1. The molecule has 5 N–H and O–H groups in total. The molecule has 0 fully saturated rings. The maximum atomic E-state index is 12.7. The number of likely N-dealkylation sites (N-methyl/N-ethyl adjacent to an activating group) is 3. The molecule has 8 aromatic carbocycles. The van der Waals surface area contributed by atoms with Crippen molar-refractivity contribution in [2.24, 2.45) is 46.3 Å². The molecule has 716 valence electrons. The molecule has 4 atom stereocenters. The number of esters is 1. The molecule has 34 nitrogen and oxygen atoms in total. The smallest absolute Gasteiger partial charge is 0.410 e. The lowest BCUT2D eigenvalue weighted by Crippen LogP contribution is -2.47. The molecular formula is C87H75Cl8F8N23O11. The molecule has 0 aliphatic carbocycles. The first kappa shape index (κ1) is 107. The highest BCUT2D eigenvalue weighted by Crippen LogP contribution is 2.35. The first-order valence-electron chi connectivity index (χ1n) is 39.6. The number of hydrazone groups is 4. The molecule has 137 heavy (non-hydrogen) atoms. The minimum Gasteiger partial charge on any atom is -0.456 e. The average molecular weight is 2050 g/mol. The third-order valence-electron chi connectivity index (χ3n) is 19.1. The standard InChI is InChI=1S/C23H20Cl2F2N6O4.C23H20Cl2F2N6O3.C21H18Cl2F2N6O3.C20H17Cl2F2N5O/c1-13(34)36-11-20(35)32(2)19-10-33(31-21(19)14-6-7-17(24)18(25)8-14)23(29-12-28)30-15-4-3-5-16(9-15)37-22(26)27;1-3-9-35-23(34)32(2)19-12-33(31-20(19)14-7-8-17(24)18(25)10-14)22(29-13-28)30-15-5-4-6-16(11-15)36-21(26)27;1-30(18(33)10-32)17-9-31(29-19(17)12-5-6-15(22)16(23)7-12)21(27-11-26)28-13-3-2-4-14(8-13)34-20(24)25;1-2-12-10-29(28-18(12)13-6-7-16(21)17(22)8-13)20(26-11-25)27-14-4-3-5-15(9-14)30-19(23)24/h3-9,19,22H,10-11H2,1-2H3,(H,29,30);3-8,10-11,19,21H,1,9,12H2,2H3,(H,29,30);2-8,17,20,32H,9-10H2,1H3,(H,27,28);3-9,12,19H,2,10H2,1H3,(H,26,27). The Labute approximate surface area is 816 Å². The van der Waals surface area contributed by atoms with Crippen molar-refractivity contribution in [3.8, 4) is 47.8 Å². The summed E-state index contributed by atoms with van der Waals surface area (Å²) >= 11 is 48.8. The molecular weight excluding hydrogens is 1980 g/mol. The monoisotopic (exact) mass is 2050 g/mol. The molecule has 50 heteroatoms. The third kappa shape index (κ3) is 30.7. The average Bonchev–Trinajstić information content (AvgIpc) is 1.67. The summed E-state index contributed by atoms with van der Waals surface area (Å²) in [6.45, 7) is -5.74. The molecule has 0 radical (unpaired) electrons. The number of carbonyl (C=O) groups is 4. The first-order chi connectivity index (χ1) is 65.4. The van der Waals surface area contributed by atoms with Gasteiger partial charge in [-0.25, -0.2) is 44.8 Å². The van der Waals surface area contributed by atoms with Gasteiger partial charge in [-0.1, -0.05) is 161 Å². The van der Waals surface area contributed by atoms with E-state index >= 15 is 0 Å². The van der Waals surface area contributed by atoms with Crippen LogP contribution in [-0.2, 0) is 23.9 Å². The fourth-order valence-electron chi connectivity index (χ4n) is 12.7. The van der Waals surface area contributed by atoms with Crippen molar-refractivity contribution in [2.45, 2.75) is 64.8 Å². The molecule has 3 amide bonds. The Bertz CT molecular complexity index is 6170. The number of aliphatic imine (C=N–C) groups is 4. The van der Waals surface area contributed by atoms with Gasteiger partial charge in [0.05, 0.1) is 130 Å². The summed E-state index contributed by atoms with van der Waals surface area (Å²) < 4.78 is 128. The van der Waals surface area contributed by atoms with E-state index in [9.17, 15) is 75.2 Å². The number of guanidine groups is 4. The van der Waals surface area contributed by atoms with Crippen molar-refractivity contribution in [3.63, 3.8) is 0 Å². The molecule has 12 rings (SSSR count). The molecule has 0 aromatic heterocycles. The number of aliphatic hydroxyl groups is 1. The maximum Gasteiger partial charge on any atom is 0.410 e. The highest BCUT2D eigenvalue weighted by molar-refractivity contribution is 6.44. The zero-order valence-corrected chi connectivity index (χ0v) is 77.8. The Morgan fingerprint density at radius 3 is 0.993 bits per heavy atom. The maximum absolute atomic E-state index is 12.7. The highest BCUT2D eigenvalue weighted by Gasteiger charge is 2.40.